The van der Waals surface area contributed by atoms with Gasteiger partial charge >= 0.3 is 0 Å². The molecule has 0 aliphatic rings. The number of aliphatic hydroxyl groups is 1. The zero-order chi connectivity index (χ0) is 9.40. The first-order valence-corrected chi connectivity index (χ1v) is 3.78. The molecule has 2 atom stereocenters. The Morgan fingerprint density at radius 2 is 1.92 bits per heavy atom. The Labute approximate surface area is 73.3 Å². The lowest BCUT2D eigenvalue weighted by atomic mass is 10.3. The largest absolute Gasteiger partial charge is 0.393 e. The first-order chi connectivity index (χ1) is 5.78. The molecule has 0 aliphatic heterocycles. The fourth-order valence-electron chi connectivity index (χ4n) is 0.646. The third-order valence-electron chi connectivity index (χ3n) is 1.48. The molecule has 70 valence electrons. The number of ether oxygens (including phenoxy) is 2. The zero-order valence-corrected chi connectivity index (χ0v) is 7.40. The van der Waals surface area contributed by atoms with Crippen molar-refractivity contribution in [2.45, 2.75) is 12.2 Å². The van der Waals surface area contributed by atoms with Crippen LogP contribution in [-0.4, -0.2) is 37.6 Å². The lowest BCUT2D eigenvalue weighted by Gasteiger charge is -2.14. The minimum absolute atomic E-state index is 0.0585. The van der Waals surface area contributed by atoms with Crippen molar-refractivity contribution in [3.63, 3.8) is 0 Å². The van der Waals surface area contributed by atoms with Crippen LogP contribution in [0.4, 0.5) is 0 Å². The molecule has 12 heavy (non-hydrogen) atoms. The maximum Gasteiger partial charge on any atom is 0.0985 e. The molecule has 0 fully saturated rings. The second kappa shape index (κ2) is 7.03. The summed E-state index contributed by atoms with van der Waals surface area (Å²) in [6.07, 6.45) is 2.76. The molecule has 0 heterocycles. The van der Waals surface area contributed by atoms with Gasteiger partial charge in [-0.05, 0) is 0 Å². The molecule has 0 radical (unpaired) electrons. The van der Waals surface area contributed by atoms with Crippen molar-refractivity contribution >= 4 is 0 Å². The highest BCUT2D eigenvalue weighted by Gasteiger charge is 2.06. The van der Waals surface area contributed by atoms with E-state index < -0.39 is 0 Å². The topological polar surface area (TPSA) is 38.7 Å². The van der Waals surface area contributed by atoms with Gasteiger partial charge in [-0.15, -0.1) is 13.2 Å². The van der Waals surface area contributed by atoms with Gasteiger partial charge in [-0.3, -0.25) is 0 Å². The summed E-state index contributed by atoms with van der Waals surface area (Å²) >= 11 is 0. The summed E-state index contributed by atoms with van der Waals surface area (Å²) in [5, 5.41) is 8.72. The summed E-state index contributed by atoms with van der Waals surface area (Å²) in [6, 6.07) is 0. The van der Waals surface area contributed by atoms with E-state index in [-0.39, 0.29) is 18.8 Å². The smallest absolute Gasteiger partial charge is 0.0985 e. The highest BCUT2D eigenvalue weighted by atomic mass is 16.5. The standard InChI is InChI=1S/C9H16O3/c1-4-8(6-10)12-7-9(5-2)11-3/h4-5,8-10H,1-2,6-7H2,3H3. The normalized spacial score (nSPS) is 15.2. The number of rotatable bonds is 7. The Bertz CT molecular complexity index is 118. The van der Waals surface area contributed by atoms with Gasteiger partial charge in [0, 0.05) is 7.11 Å². The van der Waals surface area contributed by atoms with Crippen LogP contribution in [0.5, 0.6) is 0 Å². The van der Waals surface area contributed by atoms with Crippen molar-refractivity contribution in [1.29, 1.82) is 0 Å². The Hall–Kier alpha value is -0.640. The Balaban J connectivity index is 3.62. The van der Waals surface area contributed by atoms with Crippen molar-refractivity contribution in [2.24, 2.45) is 0 Å². The van der Waals surface area contributed by atoms with Crippen LogP contribution in [0.15, 0.2) is 25.3 Å². The Kier molecular flexibility index (Phi) is 6.66. The Morgan fingerprint density at radius 1 is 1.33 bits per heavy atom. The van der Waals surface area contributed by atoms with E-state index in [0.29, 0.717) is 6.61 Å². The minimum atomic E-state index is -0.317. The van der Waals surface area contributed by atoms with Gasteiger partial charge in [0.15, 0.2) is 0 Å². The van der Waals surface area contributed by atoms with E-state index in [1.54, 1.807) is 19.3 Å². The van der Waals surface area contributed by atoms with Crippen LogP contribution < -0.4 is 0 Å². The average Bonchev–Trinajstić information content (AvgIpc) is 2.13. The number of hydrogen-bond acceptors (Lipinski definition) is 3. The van der Waals surface area contributed by atoms with Gasteiger partial charge in [0.05, 0.1) is 25.4 Å². The molecule has 0 rings (SSSR count). The molecule has 0 saturated heterocycles. The van der Waals surface area contributed by atoms with Crippen molar-refractivity contribution < 1.29 is 14.6 Å². The van der Waals surface area contributed by atoms with Crippen LogP contribution in [0.25, 0.3) is 0 Å². The van der Waals surface area contributed by atoms with Gasteiger partial charge in [0.1, 0.15) is 0 Å². The zero-order valence-electron chi connectivity index (χ0n) is 7.40. The van der Waals surface area contributed by atoms with Crippen LogP contribution >= 0.6 is 0 Å². The molecule has 2 unspecified atom stereocenters. The second-order valence-corrected chi connectivity index (χ2v) is 2.30. The predicted molar refractivity (Wildman–Crippen MR) is 48.0 cm³/mol. The molecule has 3 heteroatoms. The maximum atomic E-state index is 8.72. The molecule has 0 aromatic rings. The highest BCUT2D eigenvalue weighted by molar-refractivity contribution is 4.83. The molecule has 0 amide bonds. The van der Waals surface area contributed by atoms with E-state index in [0.717, 1.165) is 0 Å². The summed E-state index contributed by atoms with van der Waals surface area (Å²) in [4.78, 5) is 0. The predicted octanol–water partition coefficient (Wildman–Crippen LogP) is 0.751. The van der Waals surface area contributed by atoms with Gasteiger partial charge in [0.2, 0.25) is 0 Å². The first-order valence-electron chi connectivity index (χ1n) is 3.78. The molecule has 3 nitrogen and oxygen atoms in total. The van der Waals surface area contributed by atoms with E-state index in [2.05, 4.69) is 13.2 Å². The quantitative estimate of drug-likeness (QED) is 0.576. The monoisotopic (exact) mass is 172 g/mol. The molecule has 0 aromatic carbocycles. The molecule has 0 saturated carbocycles. The van der Waals surface area contributed by atoms with Crippen LogP contribution in [0.1, 0.15) is 0 Å². The molecular formula is C9H16O3. The summed E-state index contributed by atoms with van der Waals surface area (Å²) in [6.45, 7) is 7.41. The van der Waals surface area contributed by atoms with E-state index in [1.807, 2.05) is 0 Å². The van der Waals surface area contributed by atoms with Gasteiger partial charge in [-0.1, -0.05) is 12.2 Å². The SMILES string of the molecule is C=CC(COC(C=C)CO)OC. The van der Waals surface area contributed by atoms with E-state index in [9.17, 15) is 0 Å². The highest BCUT2D eigenvalue weighted by Crippen LogP contribution is 1.97. The summed E-state index contributed by atoms with van der Waals surface area (Å²) in [7, 11) is 1.58. The first kappa shape index (κ1) is 11.4. The van der Waals surface area contributed by atoms with Gasteiger partial charge in [0.25, 0.3) is 0 Å². The van der Waals surface area contributed by atoms with Crippen LogP contribution in [0.3, 0.4) is 0 Å². The van der Waals surface area contributed by atoms with E-state index >= 15 is 0 Å². The van der Waals surface area contributed by atoms with Crippen LogP contribution in [-0.2, 0) is 9.47 Å². The van der Waals surface area contributed by atoms with E-state index in [1.165, 1.54) is 0 Å². The molecule has 0 aromatic heterocycles. The van der Waals surface area contributed by atoms with Crippen molar-refractivity contribution in [2.75, 3.05) is 20.3 Å². The van der Waals surface area contributed by atoms with Gasteiger partial charge in [-0.2, -0.15) is 0 Å². The third kappa shape index (κ3) is 4.28. The average molecular weight is 172 g/mol. The molecular weight excluding hydrogens is 156 g/mol. The van der Waals surface area contributed by atoms with Crippen LogP contribution in [0.2, 0.25) is 0 Å². The fraction of sp³-hybridized carbons (Fsp3) is 0.556. The van der Waals surface area contributed by atoms with Gasteiger partial charge in [-0.25, -0.2) is 0 Å². The van der Waals surface area contributed by atoms with Gasteiger partial charge < -0.3 is 14.6 Å². The summed E-state index contributed by atoms with van der Waals surface area (Å²) in [5.74, 6) is 0. The number of methoxy groups -OCH3 is 1. The minimum Gasteiger partial charge on any atom is -0.393 e. The third-order valence-corrected chi connectivity index (χ3v) is 1.48. The van der Waals surface area contributed by atoms with Crippen molar-refractivity contribution in [1.82, 2.24) is 0 Å². The lowest BCUT2D eigenvalue weighted by Crippen LogP contribution is -2.22. The Morgan fingerprint density at radius 3 is 2.25 bits per heavy atom. The van der Waals surface area contributed by atoms with Crippen molar-refractivity contribution in [3.8, 4) is 0 Å². The molecule has 0 aliphatic carbocycles. The maximum absolute atomic E-state index is 8.72. The fourth-order valence-corrected chi connectivity index (χ4v) is 0.646. The number of hydrogen-bond donors (Lipinski definition) is 1. The number of aliphatic hydroxyl groups excluding tert-OH is 1. The second-order valence-electron chi connectivity index (χ2n) is 2.30. The van der Waals surface area contributed by atoms with Crippen LogP contribution in [0, 0.1) is 0 Å². The molecule has 0 spiro atoms. The summed E-state index contributed by atoms with van der Waals surface area (Å²) < 4.78 is 10.2. The molecule has 0 bridgehead atoms. The van der Waals surface area contributed by atoms with E-state index in [4.69, 9.17) is 14.6 Å². The molecule has 1 N–H and O–H groups in total. The van der Waals surface area contributed by atoms with Crippen molar-refractivity contribution in [3.05, 3.63) is 25.3 Å². The summed E-state index contributed by atoms with van der Waals surface area (Å²) in [5.41, 5.74) is 0. The lowest BCUT2D eigenvalue weighted by molar-refractivity contribution is -0.0103.